The van der Waals surface area contributed by atoms with Crippen LogP contribution in [0.15, 0.2) is 25.0 Å². The van der Waals surface area contributed by atoms with Gasteiger partial charge in [0.2, 0.25) is 0 Å². The Morgan fingerprint density at radius 1 is 1.22 bits per heavy atom. The lowest BCUT2D eigenvalue weighted by Crippen LogP contribution is -2.37. The molecule has 1 aromatic heterocycles. The summed E-state index contributed by atoms with van der Waals surface area (Å²) in [6.07, 6.45) is 6.90. The number of rotatable bonds is 6. The van der Waals surface area contributed by atoms with Crippen LogP contribution in [0.5, 0.6) is 0 Å². The predicted octanol–water partition coefficient (Wildman–Crippen LogP) is 1.47. The molecular weight excluding hydrogens is 292 g/mol. The van der Waals surface area contributed by atoms with Gasteiger partial charge in [-0.3, -0.25) is 0 Å². The molecule has 0 bridgehead atoms. The fraction of sp³-hybridized carbons (Fsp3) is 0.647. The zero-order valence-corrected chi connectivity index (χ0v) is 13.6. The highest BCUT2D eigenvalue weighted by atomic mass is 16.5. The molecular formula is C17H26N4O2. The first-order valence-corrected chi connectivity index (χ1v) is 8.45. The summed E-state index contributed by atoms with van der Waals surface area (Å²) in [5.41, 5.74) is 0. The molecule has 2 aliphatic rings. The van der Waals surface area contributed by atoms with Gasteiger partial charge in [0.1, 0.15) is 18.0 Å². The van der Waals surface area contributed by atoms with Crippen LogP contribution < -0.4 is 9.80 Å². The summed E-state index contributed by atoms with van der Waals surface area (Å²) >= 11 is 0. The highest BCUT2D eigenvalue weighted by Gasteiger charge is 2.25. The minimum atomic E-state index is 0.250. The van der Waals surface area contributed by atoms with Gasteiger partial charge >= 0.3 is 0 Å². The van der Waals surface area contributed by atoms with Crippen LogP contribution >= 0.6 is 0 Å². The van der Waals surface area contributed by atoms with Crippen molar-refractivity contribution in [3.8, 4) is 0 Å². The summed E-state index contributed by atoms with van der Waals surface area (Å²) in [4.78, 5) is 13.4. The van der Waals surface area contributed by atoms with Gasteiger partial charge in [0.05, 0.1) is 12.7 Å². The number of ether oxygens (including phenoxy) is 1. The summed E-state index contributed by atoms with van der Waals surface area (Å²) < 4.78 is 5.74. The van der Waals surface area contributed by atoms with Crippen molar-refractivity contribution in [2.75, 3.05) is 49.2 Å². The van der Waals surface area contributed by atoms with Gasteiger partial charge in [0.15, 0.2) is 0 Å². The van der Waals surface area contributed by atoms with Crippen LogP contribution in [-0.2, 0) is 4.74 Å². The van der Waals surface area contributed by atoms with Gasteiger partial charge in [-0.05, 0) is 25.2 Å². The molecule has 0 amide bonds. The third kappa shape index (κ3) is 4.00. The normalized spacial score (nSPS) is 24.9. The zero-order valence-electron chi connectivity index (χ0n) is 13.6. The van der Waals surface area contributed by atoms with Crippen molar-refractivity contribution in [3.63, 3.8) is 0 Å². The maximum Gasteiger partial charge on any atom is 0.134 e. The van der Waals surface area contributed by atoms with E-state index in [0.29, 0.717) is 12.5 Å². The highest BCUT2D eigenvalue weighted by molar-refractivity contribution is 5.51. The lowest BCUT2D eigenvalue weighted by Gasteiger charge is -2.33. The molecule has 1 aromatic rings. The standard InChI is InChI=1S/C17H26N4O2/c1-2-8-23-15-5-7-21(11-15)17-9-16(18-13-19-17)20-6-3-4-14(10-20)12-22/h2,9,13-15,22H,1,3-8,10-12H2. The summed E-state index contributed by atoms with van der Waals surface area (Å²) in [5.74, 6) is 2.28. The Morgan fingerprint density at radius 3 is 2.74 bits per heavy atom. The third-order valence-electron chi connectivity index (χ3n) is 4.66. The van der Waals surface area contributed by atoms with E-state index in [1.807, 2.05) is 0 Å². The Kier molecular flexibility index (Phi) is 5.46. The Labute approximate surface area is 137 Å². The van der Waals surface area contributed by atoms with Crippen molar-refractivity contribution >= 4 is 11.6 Å². The number of piperidine rings is 1. The molecule has 0 saturated carbocycles. The van der Waals surface area contributed by atoms with E-state index in [1.165, 1.54) is 0 Å². The Morgan fingerprint density at radius 2 is 2.00 bits per heavy atom. The molecule has 2 fully saturated rings. The van der Waals surface area contributed by atoms with E-state index >= 15 is 0 Å². The molecule has 0 aromatic carbocycles. The number of aromatic nitrogens is 2. The van der Waals surface area contributed by atoms with Gasteiger partial charge in [-0.2, -0.15) is 0 Å². The van der Waals surface area contributed by atoms with Gasteiger partial charge in [0, 0.05) is 38.9 Å². The van der Waals surface area contributed by atoms with Gasteiger partial charge < -0.3 is 19.6 Å². The molecule has 3 rings (SSSR count). The van der Waals surface area contributed by atoms with E-state index in [9.17, 15) is 5.11 Å². The van der Waals surface area contributed by atoms with Crippen LogP contribution in [0.3, 0.4) is 0 Å². The molecule has 6 nitrogen and oxygen atoms in total. The number of anilines is 2. The third-order valence-corrected chi connectivity index (χ3v) is 4.66. The summed E-state index contributed by atoms with van der Waals surface area (Å²) in [6.45, 7) is 8.24. The smallest absolute Gasteiger partial charge is 0.134 e. The molecule has 2 unspecified atom stereocenters. The second-order valence-electron chi connectivity index (χ2n) is 6.35. The second-order valence-corrected chi connectivity index (χ2v) is 6.35. The van der Waals surface area contributed by atoms with Crippen LogP contribution in [0.2, 0.25) is 0 Å². The maximum atomic E-state index is 9.39. The average Bonchev–Trinajstić information content (AvgIpc) is 3.09. The van der Waals surface area contributed by atoms with Crippen molar-refractivity contribution in [1.29, 1.82) is 0 Å². The van der Waals surface area contributed by atoms with Crippen LogP contribution in [-0.4, -0.2) is 60.6 Å². The number of hydrogen-bond acceptors (Lipinski definition) is 6. The topological polar surface area (TPSA) is 61.7 Å². The van der Waals surface area contributed by atoms with Gasteiger partial charge in [-0.25, -0.2) is 9.97 Å². The van der Waals surface area contributed by atoms with Gasteiger partial charge in [-0.15, -0.1) is 6.58 Å². The van der Waals surface area contributed by atoms with Crippen LogP contribution in [0.1, 0.15) is 19.3 Å². The largest absolute Gasteiger partial charge is 0.396 e. The Hall–Kier alpha value is -1.66. The van der Waals surface area contributed by atoms with E-state index in [2.05, 4.69) is 32.4 Å². The van der Waals surface area contributed by atoms with Crippen LogP contribution in [0.4, 0.5) is 11.6 Å². The summed E-state index contributed by atoms with van der Waals surface area (Å²) in [6, 6.07) is 2.07. The lowest BCUT2D eigenvalue weighted by molar-refractivity contribution is 0.0909. The van der Waals surface area contributed by atoms with Crippen molar-refractivity contribution in [2.45, 2.75) is 25.4 Å². The van der Waals surface area contributed by atoms with E-state index in [-0.39, 0.29) is 12.7 Å². The fourth-order valence-corrected chi connectivity index (χ4v) is 3.38. The van der Waals surface area contributed by atoms with E-state index < -0.39 is 0 Å². The fourth-order valence-electron chi connectivity index (χ4n) is 3.38. The number of aliphatic hydroxyl groups is 1. The predicted molar refractivity (Wildman–Crippen MR) is 90.8 cm³/mol. The number of nitrogens with zero attached hydrogens (tertiary/aromatic N) is 4. The molecule has 126 valence electrons. The maximum absolute atomic E-state index is 9.39. The monoisotopic (exact) mass is 318 g/mol. The first-order valence-electron chi connectivity index (χ1n) is 8.45. The minimum Gasteiger partial charge on any atom is -0.396 e. The van der Waals surface area contributed by atoms with Crippen molar-refractivity contribution in [3.05, 3.63) is 25.0 Å². The Bertz CT molecular complexity index is 525. The highest BCUT2D eigenvalue weighted by Crippen LogP contribution is 2.25. The Balaban J connectivity index is 1.64. The van der Waals surface area contributed by atoms with E-state index in [0.717, 1.165) is 57.1 Å². The van der Waals surface area contributed by atoms with Crippen molar-refractivity contribution in [1.82, 2.24) is 9.97 Å². The van der Waals surface area contributed by atoms with Crippen LogP contribution in [0, 0.1) is 5.92 Å². The van der Waals surface area contributed by atoms with Crippen molar-refractivity contribution < 1.29 is 9.84 Å². The average molecular weight is 318 g/mol. The first-order chi connectivity index (χ1) is 11.3. The summed E-state index contributed by atoms with van der Waals surface area (Å²) in [5, 5.41) is 9.39. The van der Waals surface area contributed by atoms with Gasteiger partial charge in [-0.1, -0.05) is 6.08 Å². The molecule has 2 aliphatic heterocycles. The molecule has 2 saturated heterocycles. The molecule has 3 heterocycles. The molecule has 6 heteroatoms. The minimum absolute atomic E-state index is 0.250. The second kappa shape index (κ2) is 7.75. The first kappa shape index (κ1) is 16.2. The zero-order chi connectivity index (χ0) is 16.1. The molecule has 0 spiro atoms. The molecule has 0 aliphatic carbocycles. The van der Waals surface area contributed by atoms with Crippen molar-refractivity contribution in [2.24, 2.45) is 5.92 Å². The molecule has 1 N–H and O–H groups in total. The van der Waals surface area contributed by atoms with E-state index in [4.69, 9.17) is 4.74 Å². The van der Waals surface area contributed by atoms with Crippen LogP contribution in [0.25, 0.3) is 0 Å². The number of hydrogen-bond donors (Lipinski definition) is 1. The molecule has 0 radical (unpaired) electrons. The SMILES string of the molecule is C=CCOC1CCN(c2cc(N3CCCC(CO)C3)ncn2)C1. The van der Waals surface area contributed by atoms with E-state index in [1.54, 1.807) is 12.4 Å². The van der Waals surface area contributed by atoms with Gasteiger partial charge in [0.25, 0.3) is 0 Å². The molecule has 23 heavy (non-hydrogen) atoms. The number of aliphatic hydroxyl groups excluding tert-OH is 1. The lowest BCUT2D eigenvalue weighted by atomic mass is 9.99. The molecule has 2 atom stereocenters. The quantitative estimate of drug-likeness (QED) is 0.802. The summed E-state index contributed by atoms with van der Waals surface area (Å²) in [7, 11) is 0.